The average Bonchev–Trinajstić information content (AvgIpc) is 3.20. The number of piperidine rings is 2. The van der Waals surface area contributed by atoms with Gasteiger partial charge in [0.2, 0.25) is 0 Å². The van der Waals surface area contributed by atoms with Crippen LogP contribution in [0.5, 0.6) is 0 Å². The lowest BCUT2D eigenvalue weighted by Crippen LogP contribution is -2.43. The number of carbonyl (C=O) groups excluding carboxylic acids is 1. The Morgan fingerprint density at radius 1 is 1.09 bits per heavy atom. The number of halogens is 4. The summed E-state index contributed by atoms with van der Waals surface area (Å²) in [4.78, 5) is 18.6. The van der Waals surface area contributed by atoms with Crippen LogP contribution in [0.25, 0.3) is 0 Å². The van der Waals surface area contributed by atoms with Gasteiger partial charge in [-0.25, -0.2) is 4.79 Å². The van der Waals surface area contributed by atoms with Crippen molar-refractivity contribution in [3.63, 3.8) is 0 Å². The third-order valence-electron chi connectivity index (χ3n) is 7.49. The van der Waals surface area contributed by atoms with Crippen LogP contribution in [0.15, 0.2) is 18.2 Å². The van der Waals surface area contributed by atoms with Crippen molar-refractivity contribution in [3.8, 4) is 0 Å². The lowest BCUT2D eigenvalue weighted by atomic mass is 9.77. The molecular weight excluding hydrogens is 455 g/mol. The van der Waals surface area contributed by atoms with Gasteiger partial charge in [0.15, 0.2) is 6.10 Å². The highest BCUT2D eigenvalue weighted by Crippen LogP contribution is 2.41. The lowest BCUT2D eigenvalue weighted by Gasteiger charge is -2.40. The lowest BCUT2D eigenvalue weighted by molar-refractivity contribution is -0.199. The van der Waals surface area contributed by atoms with E-state index in [1.807, 2.05) is 6.07 Å². The number of nitrogens with zero attached hydrogens (tertiary/aromatic N) is 3. The summed E-state index contributed by atoms with van der Waals surface area (Å²) in [5, 5.41) is 0.759. The molecule has 3 saturated heterocycles. The van der Waals surface area contributed by atoms with Crippen LogP contribution in [0.3, 0.4) is 0 Å². The van der Waals surface area contributed by atoms with Gasteiger partial charge in [0.1, 0.15) is 0 Å². The van der Waals surface area contributed by atoms with Crippen molar-refractivity contribution in [1.82, 2.24) is 9.80 Å². The number of benzene rings is 1. The minimum atomic E-state index is -4.53. The smallest absolute Gasteiger partial charge is 0.425 e. The largest absolute Gasteiger partial charge is 0.437 e. The van der Waals surface area contributed by atoms with E-state index in [0.717, 1.165) is 63.9 Å². The minimum Gasteiger partial charge on any atom is -0.437 e. The topological polar surface area (TPSA) is 36.0 Å². The Morgan fingerprint density at radius 3 is 2.42 bits per heavy atom. The van der Waals surface area contributed by atoms with Crippen LogP contribution in [-0.4, -0.2) is 67.4 Å². The zero-order chi connectivity index (χ0) is 23.6. The minimum absolute atomic E-state index is 0.0211. The summed E-state index contributed by atoms with van der Waals surface area (Å²) in [6, 6.07) is 6.17. The van der Waals surface area contributed by atoms with E-state index in [-0.39, 0.29) is 5.41 Å². The number of hydrogen-bond donors (Lipinski definition) is 0. The van der Waals surface area contributed by atoms with Crippen molar-refractivity contribution >= 4 is 23.4 Å². The van der Waals surface area contributed by atoms with E-state index < -0.39 is 18.4 Å². The molecule has 1 spiro atoms. The second-order valence-electron chi connectivity index (χ2n) is 9.84. The second kappa shape index (κ2) is 9.90. The van der Waals surface area contributed by atoms with Crippen LogP contribution in [0.2, 0.25) is 5.02 Å². The van der Waals surface area contributed by atoms with Crippen LogP contribution in [0.4, 0.5) is 23.7 Å². The van der Waals surface area contributed by atoms with Crippen molar-refractivity contribution in [1.29, 1.82) is 0 Å². The van der Waals surface area contributed by atoms with Gasteiger partial charge in [-0.05, 0) is 81.6 Å². The molecule has 1 unspecified atom stereocenters. The first kappa shape index (κ1) is 24.5. The van der Waals surface area contributed by atoms with Crippen LogP contribution >= 0.6 is 11.6 Å². The Morgan fingerprint density at radius 2 is 1.76 bits per heavy atom. The molecule has 1 amide bonds. The molecule has 184 valence electrons. The summed E-state index contributed by atoms with van der Waals surface area (Å²) in [5.74, 6) is 0. The molecule has 0 bridgehead atoms. The van der Waals surface area contributed by atoms with Gasteiger partial charge in [-0.3, -0.25) is 4.90 Å². The summed E-state index contributed by atoms with van der Waals surface area (Å²) < 4.78 is 42.8. The molecule has 1 aromatic rings. The molecule has 3 heterocycles. The zero-order valence-corrected chi connectivity index (χ0v) is 19.9. The Labute approximate surface area is 198 Å². The van der Waals surface area contributed by atoms with Gasteiger partial charge < -0.3 is 14.5 Å². The molecule has 1 aromatic carbocycles. The molecule has 5 nitrogen and oxygen atoms in total. The number of anilines is 1. The van der Waals surface area contributed by atoms with E-state index in [2.05, 4.69) is 26.7 Å². The maximum Gasteiger partial charge on any atom is 0.425 e. The molecule has 0 radical (unpaired) electrons. The van der Waals surface area contributed by atoms with Crippen LogP contribution in [0.1, 0.15) is 51.0 Å². The van der Waals surface area contributed by atoms with Gasteiger partial charge in [0.05, 0.1) is 0 Å². The second-order valence-corrected chi connectivity index (χ2v) is 10.3. The fraction of sp³-hybridized carbons (Fsp3) is 0.708. The number of carbonyl (C=O) groups is 1. The van der Waals surface area contributed by atoms with Crippen molar-refractivity contribution in [2.75, 3.05) is 44.2 Å². The van der Waals surface area contributed by atoms with Crippen molar-refractivity contribution in [2.45, 2.75) is 64.3 Å². The number of rotatable bonds is 4. The zero-order valence-electron chi connectivity index (χ0n) is 19.2. The molecule has 3 fully saturated rings. The van der Waals surface area contributed by atoms with E-state index in [1.54, 1.807) is 0 Å². The summed E-state index contributed by atoms with van der Waals surface area (Å²) in [7, 11) is 0. The van der Waals surface area contributed by atoms with E-state index >= 15 is 0 Å². The number of likely N-dealkylation sites (tertiary alicyclic amines) is 2. The first-order valence-corrected chi connectivity index (χ1v) is 12.3. The van der Waals surface area contributed by atoms with Crippen molar-refractivity contribution in [3.05, 3.63) is 28.8 Å². The maximum atomic E-state index is 12.7. The first-order valence-electron chi connectivity index (χ1n) is 11.9. The third-order valence-corrected chi connectivity index (χ3v) is 7.72. The van der Waals surface area contributed by atoms with Gasteiger partial charge in [-0.1, -0.05) is 17.7 Å². The van der Waals surface area contributed by atoms with Gasteiger partial charge in [0, 0.05) is 43.4 Å². The molecule has 3 aliphatic heterocycles. The van der Waals surface area contributed by atoms with Gasteiger partial charge in [-0.15, -0.1) is 0 Å². The summed E-state index contributed by atoms with van der Waals surface area (Å²) in [5.41, 5.74) is 2.50. The number of ether oxygens (including phenoxy) is 1. The first-order chi connectivity index (χ1) is 15.7. The third kappa shape index (κ3) is 5.88. The normalized spacial score (nSPS) is 22.6. The predicted molar refractivity (Wildman–Crippen MR) is 123 cm³/mol. The number of alkyl halides is 3. The highest BCUT2D eigenvalue weighted by Gasteiger charge is 2.45. The highest BCUT2D eigenvalue weighted by molar-refractivity contribution is 6.30. The molecule has 4 rings (SSSR count). The van der Waals surface area contributed by atoms with Crippen LogP contribution in [0, 0.1) is 5.41 Å². The van der Waals surface area contributed by atoms with Crippen LogP contribution in [-0.2, 0) is 11.3 Å². The van der Waals surface area contributed by atoms with E-state index in [0.29, 0.717) is 13.1 Å². The highest BCUT2D eigenvalue weighted by atomic mass is 35.5. The monoisotopic (exact) mass is 487 g/mol. The molecule has 0 saturated carbocycles. The fourth-order valence-corrected chi connectivity index (χ4v) is 5.48. The molecule has 9 heteroatoms. The molecule has 3 aliphatic rings. The Kier molecular flexibility index (Phi) is 7.34. The average molecular weight is 488 g/mol. The van der Waals surface area contributed by atoms with E-state index in [4.69, 9.17) is 11.6 Å². The van der Waals surface area contributed by atoms with Crippen molar-refractivity contribution < 1.29 is 22.7 Å². The van der Waals surface area contributed by atoms with Gasteiger partial charge in [0.25, 0.3) is 0 Å². The summed E-state index contributed by atoms with van der Waals surface area (Å²) in [6.07, 6.45) is -1.11. The fourth-order valence-electron chi connectivity index (χ4n) is 5.32. The molecule has 33 heavy (non-hydrogen) atoms. The SMILES string of the molecule is CC(OC(=O)N1CCC2(CCN(Cc3ccc(Cl)cc3N3CCCCC3)CC2)C1)C(F)(F)F. The Balaban J connectivity index is 1.32. The Bertz CT molecular complexity index is 837. The summed E-state index contributed by atoms with van der Waals surface area (Å²) in [6.45, 7) is 6.60. The molecule has 0 aromatic heterocycles. The Hall–Kier alpha value is -1.67. The molecule has 0 aliphatic carbocycles. The molecule has 1 atom stereocenters. The standard InChI is InChI=1S/C24H33ClF3N3O2/c1-18(24(26,27)28)33-22(32)31-14-9-23(17-31)7-12-29(13-8-23)16-19-5-6-20(25)15-21(19)30-10-3-2-4-11-30/h5-6,15,18H,2-4,7-14,16-17H2,1H3. The molecule has 0 N–H and O–H groups in total. The van der Waals surface area contributed by atoms with E-state index in [1.165, 1.54) is 35.4 Å². The summed E-state index contributed by atoms with van der Waals surface area (Å²) >= 11 is 6.31. The number of hydrogen-bond acceptors (Lipinski definition) is 4. The van der Waals surface area contributed by atoms with Crippen LogP contribution < -0.4 is 4.90 Å². The maximum absolute atomic E-state index is 12.7. The van der Waals surface area contributed by atoms with E-state index in [9.17, 15) is 18.0 Å². The number of amides is 1. The molecular formula is C24H33ClF3N3O2. The quantitative estimate of drug-likeness (QED) is 0.545. The predicted octanol–water partition coefficient (Wildman–Crippen LogP) is 5.71. The van der Waals surface area contributed by atoms with Crippen molar-refractivity contribution in [2.24, 2.45) is 5.41 Å². The van der Waals surface area contributed by atoms with Gasteiger partial charge >= 0.3 is 12.3 Å². The van der Waals surface area contributed by atoms with Gasteiger partial charge in [-0.2, -0.15) is 13.2 Å².